The number of ether oxygens (including phenoxy) is 5. The summed E-state index contributed by atoms with van der Waals surface area (Å²) in [4.78, 5) is 42.2. The zero-order valence-electron chi connectivity index (χ0n) is 30.4. The van der Waals surface area contributed by atoms with Crippen molar-refractivity contribution in [2.45, 2.75) is 128 Å². The first-order chi connectivity index (χ1) is 24.2. The lowest BCUT2D eigenvalue weighted by Crippen LogP contribution is -2.29. The lowest BCUT2D eigenvalue weighted by molar-refractivity contribution is -0.150. The summed E-state index contributed by atoms with van der Waals surface area (Å²) in [5, 5.41) is 13.3. The molecule has 0 spiro atoms. The number of rotatable bonds is 24. The highest BCUT2D eigenvalue weighted by molar-refractivity contribution is 6.04. The summed E-state index contributed by atoms with van der Waals surface area (Å²) < 4.78 is 28.3. The number of nitrogens with one attached hydrogen (secondary N) is 1. The number of benzene rings is 1. The third-order valence-electron chi connectivity index (χ3n) is 9.00. The molecule has 3 atom stereocenters. The van der Waals surface area contributed by atoms with Gasteiger partial charge < -0.3 is 34.1 Å². The van der Waals surface area contributed by atoms with E-state index in [4.69, 9.17) is 23.7 Å². The van der Waals surface area contributed by atoms with Crippen LogP contribution < -0.4 is 25.2 Å². The van der Waals surface area contributed by atoms with Crippen LogP contribution in [0.4, 0.5) is 5.82 Å². The van der Waals surface area contributed by atoms with Crippen molar-refractivity contribution in [3.63, 3.8) is 0 Å². The van der Waals surface area contributed by atoms with Crippen molar-refractivity contribution >= 4 is 17.7 Å². The molecule has 12 nitrogen and oxygen atoms in total. The van der Waals surface area contributed by atoms with Gasteiger partial charge in [-0.15, -0.1) is 0 Å². The number of anilines is 1. The monoisotopic (exact) mass is 699 g/mol. The highest BCUT2D eigenvalue weighted by Gasteiger charge is 2.40. The molecule has 0 bridgehead atoms. The molecule has 1 saturated heterocycles. The van der Waals surface area contributed by atoms with E-state index in [1.807, 2.05) is 0 Å². The van der Waals surface area contributed by atoms with E-state index in [0.29, 0.717) is 23.7 Å². The van der Waals surface area contributed by atoms with Crippen molar-refractivity contribution in [1.82, 2.24) is 9.55 Å². The third kappa shape index (κ3) is 12.5. The summed E-state index contributed by atoms with van der Waals surface area (Å²) in [6, 6.07) is 4.37. The zero-order valence-corrected chi connectivity index (χ0v) is 30.4. The second kappa shape index (κ2) is 22.0. The zero-order chi connectivity index (χ0) is 36.3. The number of esters is 1. The molecule has 2 N–H and O–H groups in total. The minimum atomic E-state index is -1.15. The molecule has 1 aromatic carbocycles. The van der Waals surface area contributed by atoms with Crippen LogP contribution in [0.5, 0.6) is 17.2 Å². The van der Waals surface area contributed by atoms with E-state index in [0.717, 1.165) is 23.8 Å². The Morgan fingerprint density at radius 2 is 1.42 bits per heavy atom. The molecule has 50 heavy (non-hydrogen) atoms. The molecule has 278 valence electrons. The van der Waals surface area contributed by atoms with Gasteiger partial charge in [-0.3, -0.25) is 14.2 Å². The Morgan fingerprint density at radius 3 is 1.92 bits per heavy atom. The minimum Gasteiger partial charge on any atom is -0.493 e. The van der Waals surface area contributed by atoms with Gasteiger partial charge >= 0.3 is 11.7 Å². The number of unbranched alkanes of at least 4 members (excludes halogenated alkanes) is 14. The van der Waals surface area contributed by atoms with Crippen molar-refractivity contribution in [2.24, 2.45) is 0 Å². The first kappa shape index (κ1) is 40.5. The number of aromatic nitrogens is 2. The average Bonchev–Trinajstić information content (AvgIpc) is 3.40. The van der Waals surface area contributed by atoms with E-state index >= 15 is 0 Å². The van der Waals surface area contributed by atoms with E-state index in [-0.39, 0.29) is 29.5 Å². The van der Waals surface area contributed by atoms with Gasteiger partial charge in [-0.1, -0.05) is 103 Å². The SMILES string of the molecule is C=C1[C@H](n2ccc(NC(=O)c3cc(OC)c(OC)c(OC)c3)nc2=O)O[C@H](COC(=O)CCCCCCCCCCCCCCCCC)[C@H]1O. The maximum absolute atomic E-state index is 12.9. The Morgan fingerprint density at radius 1 is 0.880 bits per heavy atom. The molecular formula is C38H57N3O9. The highest BCUT2D eigenvalue weighted by Crippen LogP contribution is 2.38. The van der Waals surface area contributed by atoms with Crippen LogP contribution in [0, 0.1) is 0 Å². The second-order valence-electron chi connectivity index (χ2n) is 12.8. The summed E-state index contributed by atoms with van der Waals surface area (Å²) in [7, 11) is 4.33. The predicted octanol–water partition coefficient (Wildman–Crippen LogP) is 7.14. The van der Waals surface area contributed by atoms with Crippen molar-refractivity contribution in [1.29, 1.82) is 0 Å². The number of hydrogen-bond donors (Lipinski definition) is 2. The van der Waals surface area contributed by atoms with E-state index in [9.17, 15) is 19.5 Å². The van der Waals surface area contributed by atoms with Crippen LogP contribution in [0.15, 0.2) is 41.3 Å². The van der Waals surface area contributed by atoms with E-state index in [1.165, 1.54) is 123 Å². The molecule has 1 aromatic heterocycles. The third-order valence-corrected chi connectivity index (χ3v) is 9.00. The van der Waals surface area contributed by atoms with Gasteiger partial charge in [0.1, 0.15) is 24.6 Å². The molecule has 0 saturated carbocycles. The highest BCUT2D eigenvalue weighted by atomic mass is 16.6. The Kier molecular flexibility index (Phi) is 17.9. The first-order valence-corrected chi connectivity index (χ1v) is 18.1. The summed E-state index contributed by atoms with van der Waals surface area (Å²) >= 11 is 0. The van der Waals surface area contributed by atoms with Gasteiger partial charge in [-0.2, -0.15) is 4.98 Å². The smallest absolute Gasteiger partial charge is 0.351 e. The molecular weight excluding hydrogens is 642 g/mol. The van der Waals surface area contributed by atoms with Crippen LogP contribution in [-0.4, -0.2) is 66.7 Å². The van der Waals surface area contributed by atoms with Crippen LogP contribution in [0.3, 0.4) is 0 Å². The molecule has 1 aliphatic rings. The molecule has 1 aliphatic heterocycles. The van der Waals surface area contributed by atoms with Gasteiger partial charge in [0, 0.05) is 23.8 Å². The fourth-order valence-electron chi connectivity index (χ4n) is 6.04. The molecule has 1 amide bonds. The molecule has 12 heteroatoms. The molecule has 2 heterocycles. The van der Waals surface area contributed by atoms with E-state index < -0.39 is 30.0 Å². The lowest BCUT2D eigenvalue weighted by atomic mass is 10.0. The second-order valence-corrected chi connectivity index (χ2v) is 12.8. The number of carbonyl (C=O) groups excluding carboxylic acids is 2. The van der Waals surface area contributed by atoms with Gasteiger partial charge in [0.25, 0.3) is 5.91 Å². The van der Waals surface area contributed by atoms with Crippen LogP contribution in [-0.2, 0) is 14.3 Å². The number of aliphatic hydroxyl groups excluding tert-OH is 1. The maximum atomic E-state index is 12.9. The van der Waals surface area contributed by atoms with Gasteiger partial charge in [-0.05, 0) is 24.6 Å². The topological polar surface area (TPSA) is 147 Å². The van der Waals surface area contributed by atoms with Gasteiger partial charge in [0.15, 0.2) is 17.7 Å². The van der Waals surface area contributed by atoms with Crippen LogP contribution >= 0.6 is 0 Å². The minimum absolute atomic E-state index is 0.00144. The van der Waals surface area contributed by atoms with Crippen molar-refractivity contribution < 1.29 is 38.4 Å². The van der Waals surface area contributed by atoms with Crippen LogP contribution in [0.1, 0.15) is 126 Å². The predicted molar refractivity (Wildman–Crippen MR) is 192 cm³/mol. The molecule has 0 radical (unpaired) electrons. The van der Waals surface area contributed by atoms with Crippen molar-refractivity contribution in [3.8, 4) is 17.2 Å². The largest absolute Gasteiger partial charge is 0.493 e. The van der Waals surface area contributed by atoms with Crippen LogP contribution in [0.25, 0.3) is 0 Å². The van der Waals surface area contributed by atoms with E-state index in [1.54, 1.807) is 0 Å². The van der Waals surface area contributed by atoms with Crippen molar-refractivity contribution in [2.75, 3.05) is 33.3 Å². The summed E-state index contributed by atoms with van der Waals surface area (Å²) in [6.07, 6.45) is 17.4. The molecule has 2 aromatic rings. The number of hydrogen-bond acceptors (Lipinski definition) is 10. The maximum Gasteiger partial charge on any atom is 0.351 e. The van der Waals surface area contributed by atoms with Gasteiger partial charge in [0.05, 0.1) is 21.3 Å². The number of amides is 1. The Bertz CT molecular complexity index is 1400. The first-order valence-electron chi connectivity index (χ1n) is 18.1. The number of methoxy groups -OCH3 is 3. The standard InChI is InChI=1S/C38H57N3O9/c1-6-7-8-9-10-11-12-13-14-15-16-17-18-19-20-21-33(42)49-26-31-34(43)27(2)37(50-31)41-23-22-32(40-38(41)45)39-36(44)28-24-29(46-3)35(48-5)30(25-28)47-4/h22-25,31,34,37,43H,2,6-21,26H2,1,3-5H3,(H,39,40,44,45)/t31-,34+,37-/m1/s1. The number of aliphatic hydroxyl groups is 1. The van der Waals surface area contributed by atoms with Crippen LogP contribution in [0.2, 0.25) is 0 Å². The Labute approximate surface area is 296 Å². The molecule has 0 unspecified atom stereocenters. The summed E-state index contributed by atoms with van der Waals surface area (Å²) in [5.74, 6) is 0.00724. The fraction of sp³-hybridized carbons (Fsp3) is 0.632. The lowest BCUT2D eigenvalue weighted by Gasteiger charge is -2.16. The number of nitrogens with zero attached hydrogens (tertiary/aromatic N) is 2. The molecule has 0 aliphatic carbocycles. The van der Waals surface area contributed by atoms with Gasteiger partial charge in [0.2, 0.25) is 5.75 Å². The Hall–Kier alpha value is -3.90. The average molecular weight is 700 g/mol. The normalized spacial score (nSPS) is 17.1. The summed E-state index contributed by atoms with van der Waals surface area (Å²) in [6.45, 7) is 5.97. The van der Waals surface area contributed by atoms with Gasteiger partial charge in [-0.25, -0.2) is 4.79 Å². The molecule has 1 fully saturated rings. The number of carbonyl (C=O) groups is 2. The fourth-order valence-corrected chi connectivity index (χ4v) is 6.04. The van der Waals surface area contributed by atoms with Crippen molar-refractivity contribution in [3.05, 3.63) is 52.6 Å². The molecule has 3 rings (SSSR count). The summed E-state index contributed by atoms with van der Waals surface area (Å²) in [5.41, 5.74) is -0.318. The quantitative estimate of drug-likeness (QED) is 0.0658. The Balaban J connectivity index is 1.36. The van der Waals surface area contributed by atoms with E-state index in [2.05, 4.69) is 23.8 Å².